The SMILES string of the molecule is CCC(=O)N1CCN(c2c(Cl)cccc2NC(=S)NC(=O)c2ccccc2)CC1. The number of anilines is 2. The third-order valence-electron chi connectivity index (χ3n) is 4.75. The van der Waals surface area contributed by atoms with Gasteiger partial charge < -0.3 is 15.1 Å². The van der Waals surface area contributed by atoms with Gasteiger partial charge in [-0.2, -0.15) is 0 Å². The Morgan fingerprint density at radius 1 is 1.03 bits per heavy atom. The molecular weight excluding hydrogens is 408 g/mol. The highest BCUT2D eigenvalue weighted by atomic mass is 35.5. The van der Waals surface area contributed by atoms with E-state index in [2.05, 4.69) is 15.5 Å². The van der Waals surface area contributed by atoms with Crippen LogP contribution in [-0.4, -0.2) is 48.0 Å². The largest absolute Gasteiger partial charge is 0.365 e. The van der Waals surface area contributed by atoms with Crippen LogP contribution in [-0.2, 0) is 4.79 Å². The van der Waals surface area contributed by atoms with E-state index >= 15 is 0 Å². The molecule has 0 aliphatic carbocycles. The molecule has 29 heavy (non-hydrogen) atoms. The maximum atomic E-state index is 12.3. The molecule has 0 radical (unpaired) electrons. The molecule has 0 aromatic heterocycles. The number of nitrogens with zero attached hydrogens (tertiary/aromatic N) is 2. The Hall–Kier alpha value is -2.64. The number of hydrogen-bond donors (Lipinski definition) is 2. The molecular formula is C21H23ClN4O2S. The van der Waals surface area contributed by atoms with Gasteiger partial charge in [-0.3, -0.25) is 14.9 Å². The third kappa shape index (κ3) is 5.25. The lowest BCUT2D eigenvalue weighted by molar-refractivity contribution is -0.131. The summed E-state index contributed by atoms with van der Waals surface area (Å²) >= 11 is 11.8. The van der Waals surface area contributed by atoms with Crippen molar-refractivity contribution in [3.8, 4) is 0 Å². The van der Waals surface area contributed by atoms with Crippen LogP contribution in [0.25, 0.3) is 0 Å². The first-order valence-corrected chi connectivity index (χ1v) is 10.3. The van der Waals surface area contributed by atoms with Gasteiger partial charge in [0, 0.05) is 38.2 Å². The lowest BCUT2D eigenvalue weighted by atomic mass is 10.2. The second kappa shape index (κ2) is 9.71. The molecule has 152 valence electrons. The molecule has 2 N–H and O–H groups in total. The predicted molar refractivity (Wildman–Crippen MR) is 121 cm³/mol. The molecule has 0 spiro atoms. The number of thiocarbonyl (C=S) groups is 1. The third-order valence-corrected chi connectivity index (χ3v) is 5.26. The topological polar surface area (TPSA) is 64.7 Å². The normalized spacial score (nSPS) is 13.7. The summed E-state index contributed by atoms with van der Waals surface area (Å²) in [6.45, 7) is 4.51. The van der Waals surface area contributed by atoms with E-state index in [9.17, 15) is 9.59 Å². The summed E-state index contributed by atoms with van der Waals surface area (Å²) in [5.41, 5.74) is 2.06. The second-order valence-corrected chi connectivity index (χ2v) is 7.45. The molecule has 0 atom stereocenters. The molecule has 3 rings (SSSR count). The minimum Gasteiger partial charge on any atom is -0.365 e. The van der Waals surface area contributed by atoms with Crippen LogP contribution < -0.4 is 15.5 Å². The van der Waals surface area contributed by atoms with Crippen molar-refractivity contribution in [2.75, 3.05) is 36.4 Å². The molecule has 8 heteroatoms. The molecule has 0 saturated carbocycles. The van der Waals surface area contributed by atoms with E-state index in [0.29, 0.717) is 48.9 Å². The van der Waals surface area contributed by atoms with Gasteiger partial charge in [0.25, 0.3) is 5.91 Å². The monoisotopic (exact) mass is 430 g/mol. The van der Waals surface area contributed by atoms with E-state index in [0.717, 1.165) is 5.69 Å². The van der Waals surface area contributed by atoms with Gasteiger partial charge in [0.05, 0.1) is 16.4 Å². The van der Waals surface area contributed by atoms with Crippen LogP contribution in [0.1, 0.15) is 23.7 Å². The minimum atomic E-state index is -0.279. The highest BCUT2D eigenvalue weighted by Gasteiger charge is 2.23. The highest BCUT2D eigenvalue weighted by molar-refractivity contribution is 7.80. The van der Waals surface area contributed by atoms with Crippen molar-refractivity contribution in [1.29, 1.82) is 0 Å². The van der Waals surface area contributed by atoms with Gasteiger partial charge in [0.1, 0.15) is 0 Å². The molecule has 2 aromatic carbocycles. The number of rotatable bonds is 4. The van der Waals surface area contributed by atoms with Crippen molar-refractivity contribution in [2.45, 2.75) is 13.3 Å². The van der Waals surface area contributed by atoms with Crippen LogP contribution in [0.15, 0.2) is 48.5 Å². The van der Waals surface area contributed by atoms with Gasteiger partial charge in [0.2, 0.25) is 5.91 Å². The van der Waals surface area contributed by atoms with E-state index in [4.69, 9.17) is 23.8 Å². The molecule has 2 amide bonds. The first-order chi connectivity index (χ1) is 14.0. The van der Waals surface area contributed by atoms with E-state index < -0.39 is 0 Å². The fraction of sp³-hybridized carbons (Fsp3) is 0.286. The maximum absolute atomic E-state index is 12.3. The molecule has 1 saturated heterocycles. The Balaban J connectivity index is 1.69. The molecule has 6 nitrogen and oxygen atoms in total. The van der Waals surface area contributed by atoms with Gasteiger partial charge >= 0.3 is 0 Å². The van der Waals surface area contributed by atoms with Crippen LogP contribution >= 0.6 is 23.8 Å². The van der Waals surface area contributed by atoms with Crippen LogP contribution in [0, 0.1) is 0 Å². The zero-order valence-corrected chi connectivity index (χ0v) is 17.7. The van der Waals surface area contributed by atoms with Gasteiger partial charge in [-0.1, -0.05) is 42.8 Å². The van der Waals surface area contributed by atoms with E-state index in [1.165, 1.54) is 0 Å². The second-order valence-electron chi connectivity index (χ2n) is 6.63. The van der Waals surface area contributed by atoms with Crippen molar-refractivity contribution >= 4 is 52.1 Å². The summed E-state index contributed by atoms with van der Waals surface area (Å²) in [6, 6.07) is 14.4. The average Bonchev–Trinajstić information content (AvgIpc) is 2.74. The number of carbonyl (C=O) groups is 2. The summed E-state index contributed by atoms with van der Waals surface area (Å²) in [6.07, 6.45) is 0.508. The molecule has 1 fully saturated rings. The predicted octanol–water partition coefficient (Wildman–Crippen LogP) is 3.53. The number of benzene rings is 2. The summed E-state index contributed by atoms with van der Waals surface area (Å²) in [5.74, 6) is -0.120. The summed E-state index contributed by atoms with van der Waals surface area (Å²) in [5, 5.41) is 6.56. The first kappa shape index (κ1) is 21.1. The number of amides is 2. The lowest BCUT2D eigenvalue weighted by Gasteiger charge is -2.37. The quantitative estimate of drug-likeness (QED) is 0.726. The molecule has 1 heterocycles. The fourth-order valence-electron chi connectivity index (χ4n) is 3.26. The smallest absolute Gasteiger partial charge is 0.257 e. The van der Waals surface area contributed by atoms with Crippen molar-refractivity contribution in [3.63, 3.8) is 0 Å². The van der Waals surface area contributed by atoms with Crippen LogP contribution in [0.2, 0.25) is 5.02 Å². The van der Waals surface area contributed by atoms with Crippen LogP contribution in [0.4, 0.5) is 11.4 Å². The van der Waals surface area contributed by atoms with E-state index in [1.807, 2.05) is 36.1 Å². The zero-order chi connectivity index (χ0) is 20.8. The molecule has 0 bridgehead atoms. The Labute approximate surface area is 180 Å². The number of carbonyl (C=O) groups excluding carboxylic acids is 2. The average molecular weight is 431 g/mol. The van der Waals surface area contributed by atoms with Crippen molar-refractivity contribution in [3.05, 3.63) is 59.1 Å². The standard InChI is InChI=1S/C21H23ClN4O2S/c1-2-18(27)25-11-13-26(14-12-25)19-16(22)9-6-10-17(19)23-21(29)24-20(28)15-7-4-3-5-8-15/h3-10H,2,11-14H2,1H3,(H2,23,24,28,29). The summed E-state index contributed by atoms with van der Waals surface area (Å²) in [7, 11) is 0. The van der Waals surface area contributed by atoms with Gasteiger partial charge in [0.15, 0.2) is 5.11 Å². The van der Waals surface area contributed by atoms with E-state index in [1.54, 1.807) is 24.3 Å². The maximum Gasteiger partial charge on any atom is 0.257 e. The number of para-hydroxylation sites is 1. The lowest BCUT2D eigenvalue weighted by Crippen LogP contribution is -2.49. The van der Waals surface area contributed by atoms with Gasteiger partial charge in [-0.15, -0.1) is 0 Å². The van der Waals surface area contributed by atoms with Crippen LogP contribution in [0.3, 0.4) is 0 Å². The van der Waals surface area contributed by atoms with E-state index in [-0.39, 0.29) is 16.9 Å². The van der Waals surface area contributed by atoms with Crippen molar-refractivity contribution < 1.29 is 9.59 Å². The Morgan fingerprint density at radius 3 is 2.38 bits per heavy atom. The number of halogens is 1. The van der Waals surface area contributed by atoms with Gasteiger partial charge in [-0.05, 0) is 36.5 Å². The number of piperazine rings is 1. The van der Waals surface area contributed by atoms with Crippen molar-refractivity contribution in [1.82, 2.24) is 10.2 Å². The fourth-order valence-corrected chi connectivity index (χ4v) is 3.76. The number of nitrogens with one attached hydrogen (secondary N) is 2. The molecule has 1 aliphatic rings. The first-order valence-electron chi connectivity index (χ1n) is 9.48. The highest BCUT2D eigenvalue weighted by Crippen LogP contribution is 2.34. The van der Waals surface area contributed by atoms with Crippen LogP contribution in [0.5, 0.6) is 0 Å². The Kier molecular flexibility index (Phi) is 7.06. The molecule has 0 unspecified atom stereocenters. The zero-order valence-electron chi connectivity index (χ0n) is 16.2. The van der Waals surface area contributed by atoms with Crippen molar-refractivity contribution in [2.24, 2.45) is 0 Å². The Morgan fingerprint density at radius 2 is 1.72 bits per heavy atom. The molecule has 2 aromatic rings. The number of hydrogen-bond acceptors (Lipinski definition) is 4. The summed E-state index contributed by atoms with van der Waals surface area (Å²) < 4.78 is 0. The minimum absolute atomic E-state index is 0.159. The van der Waals surface area contributed by atoms with Gasteiger partial charge in [-0.25, -0.2) is 0 Å². The molecule has 1 aliphatic heterocycles. The summed E-state index contributed by atoms with van der Waals surface area (Å²) in [4.78, 5) is 28.2. The Bertz CT molecular complexity index is 899.